The van der Waals surface area contributed by atoms with Crippen LogP contribution in [0.5, 0.6) is 0 Å². The second-order valence-electron chi connectivity index (χ2n) is 6.19. The number of thioether (sulfide) groups is 1. The van der Waals surface area contributed by atoms with Gasteiger partial charge in [0.05, 0.1) is 12.8 Å². The van der Waals surface area contributed by atoms with E-state index in [9.17, 15) is 9.59 Å². The fourth-order valence-electron chi connectivity index (χ4n) is 3.04. The first-order valence-corrected chi connectivity index (χ1v) is 9.79. The number of hydrogen-bond donors (Lipinski definition) is 1. The van der Waals surface area contributed by atoms with Crippen molar-refractivity contribution in [2.45, 2.75) is 17.3 Å². The molecule has 6 nitrogen and oxygen atoms in total. The van der Waals surface area contributed by atoms with E-state index in [4.69, 9.17) is 21.3 Å². The van der Waals surface area contributed by atoms with Gasteiger partial charge in [0.2, 0.25) is 0 Å². The van der Waals surface area contributed by atoms with Gasteiger partial charge in [0.15, 0.2) is 5.16 Å². The van der Waals surface area contributed by atoms with Gasteiger partial charge in [-0.3, -0.25) is 14.2 Å². The number of benzene rings is 2. The Hall–Kier alpha value is -2.77. The third-order valence-electron chi connectivity index (χ3n) is 4.38. The van der Waals surface area contributed by atoms with Crippen LogP contribution in [0.25, 0.3) is 27.6 Å². The molecule has 4 rings (SSSR count). The largest absolute Gasteiger partial charge is 0.468 e. The smallest absolute Gasteiger partial charge is 0.318 e. The van der Waals surface area contributed by atoms with Crippen LogP contribution in [0.15, 0.2) is 58.5 Å². The van der Waals surface area contributed by atoms with Crippen molar-refractivity contribution in [3.05, 3.63) is 63.9 Å². The van der Waals surface area contributed by atoms with Gasteiger partial charge in [-0.2, -0.15) is 0 Å². The average molecular weight is 414 g/mol. The maximum absolute atomic E-state index is 13.4. The first kappa shape index (κ1) is 18.6. The molecule has 0 saturated heterocycles. The second kappa shape index (κ2) is 7.33. The summed E-state index contributed by atoms with van der Waals surface area (Å²) in [4.78, 5) is 33.2. The standard InChI is InChI=1S/C20H16ClN3O3S/c1-11(19(26)27-2)28-20-23-16-14-8-3-4-9-15(14)22-17(16)18(25)24(20)13-7-5-6-12(21)10-13/h3-11,22H,1-2H3/t11-/m1/s1. The lowest BCUT2D eigenvalue weighted by Gasteiger charge is -2.14. The maximum Gasteiger partial charge on any atom is 0.318 e. The van der Waals surface area contributed by atoms with Crippen LogP contribution in [0, 0.1) is 0 Å². The lowest BCUT2D eigenvalue weighted by atomic mass is 10.2. The van der Waals surface area contributed by atoms with Crippen LogP contribution >= 0.6 is 23.4 Å². The minimum absolute atomic E-state index is 0.261. The molecule has 0 saturated carbocycles. The minimum atomic E-state index is -0.537. The molecule has 8 heteroatoms. The number of para-hydroxylation sites is 1. The van der Waals surface area contributed by atoms with Gasteiger partial charge in [-0.15, -0.1) is 0 Å². The minimum Gasteiger partial charge on any atom is -0.468 e. The highest BCUT2D eigenvalue weighted by Crippen LogP contribution is 2.29. The summed E-state index contributed by atoms with van der Waals surface area (Å²) in [6, 6.07) is 14.5. The molecular formula is C20H16ClN3O3S. The van der Waals surface area contributed by atoms with E-state index in [-0.39, 0.29) is 5.56 Å². The number of carbonyl (C=O) groups is 1. The number of H-pyrrole nitrogens is 1. The van der Waals surface area contributed by atoms with E-state index in [0.717, 1.165) is 22.7 Å². The monoisotopic (exact) mass is 413 g/mol. The van der Waals surface area contributed by atoms with Crippen LogP contribution in [0.3, 0.4) is 0 Å². The number of halogens is 1. The molecule has 0 aliphatic carbocycles. The lowest BCUT2D eigenvalue weighted by molar-refractivity contribution is -0.139. The van der Waals surface area contributed by atoms with Gasteiger partial charge >= 0.3 is 5.97 Å². The third-order valence-corrected chi connectivity index (χ3v) is 5.64. The molecule has 0 spiro atoms. The summed E-state index contributed by atoms with van der Waals surface area (Å²) in [5.74, 6) is -0.393. The van der Waals surface area contributed by atoms with Crippen molar-refractivity contribution in [1.29, 1.82) is 0 Å². The SMILES string of the molecule is COC(=O)[C@@H](C)Sc1nc2c([nH]c3ccccc32)c(=O)n1-c1cccc(Cl)c1. The molecule has 142 valence electrons. The van der Waals surface area contributed by atoms with Gasteiger partial charge in [0.1, 0.15) is 16.3 Å². The Morgan fingerprint density at radius 2 is 2.04 bits per heavy atom. The predicted octanol–water partition coefficient (Wildman–Crippen LogP) is 4.17. The molecule has 1 atom stereocenters. The molecule has 0 radical (unpaired) electrons. The van der Waals surface area contributed by atoms with Gasteiger partial charge in [-0.05, 0) is 31.2 Å². The summed E-state index contributed by atoms with van der Waals surface area (Å²) >= 11 is 7.30. The van der Waals surface area contributed by atoms with E-state index in [1.165, 1.54) is 11.7 Å². The van der Waals surface area contributed by atoms with Crippen molar-refractivity contribution in [3.63, 3.8) is 0 Å². The Morgan fingerprint density at radius 3 is 2.79 bits per heavy atom. The third kappa shape index (κ3) is 3.16. The zero-order chi connectivity index (χ0) is 19.8. The van der Waals surface area contributed by atoms with Crippen molar-refractivity contribution in [2.75, 3.05) is 7.11 Å². The Bertz CT molecular complexity index is 1260. The van der Waals surface area contributed by atoms with E-state index in [2.05, 4.69) is 4.98 Å². The molecule has 2 heterocycles. The zero-order valence-corrected chi connectivity index (χ0v) is 16.7. The number of ether oxygens (including phenoxy) is 1. The number of fused-ring (bicyclic) bond motifs is 3. The first-order valence-electron chi connectivity index (χ1n) is 8.53. The normalized spacial score (nSPS) is 12.4. The quantitative estimate of drug-likeness (QED) is 0.308. The summed E-state index contributed by atoms with van der Waals surface area (Å²) in [7, 11) is 1.33. The summed E-state index contributed by atoms with van der Waals surface area (Å²) < 4.78 is 6.29. The first-order chi connectivity index (χ1) is 13.5. The molecule has 2 aromatic heterocycles. The average Bonchev–Trinajstić information content (AvgIpc) is 3.06. The number of aromatic amines is 1. The molecule has 1 N–H and O–H groups in total. The van der Waals surface area contributed by atoms with Crippen LogP contribution in [-0.4, -0.2) is 32.9 Å². The molecule has 28 heavy (non-hydrogen) atoms. The van der Waals surface area contributed by atoms with Gasteiger partial charge < -0.3 is 9.72 Å². The molecule has 0 amide bonds. The Balaban J connectivity index is 2.02. The summed E-state index contributed by atoms with van der Waals surface area (Å²) in [5, 5.41) is 1.20. The fourth-order valence-corrected chi connectivity index (χ4v) is 4.17. The van der Waals surface area contributed by atoms with Gasteiger partial charge in [-0.25, -0.2) is 4.98 Å². The zero-order valence-electron chi connectivity index (χ0n) is 15.1. The molecule has 0 aliphatic rings. The van der Waals surface area contributed by atoms with Crippen molar-refractivity contribution in [2.24, 2.45) is 0 Å². The molecule has 0 fully saturated rings. The van der Waals surface area contributed by atoms with Crippen LogP contribution in [-0.2, 0) is 9.53 Å². The Labute approximate surface area is 169 Å². The topological polar surface area (TPSA) is 77.0 Å². The van der Waals surface area contributed by atoms with E-state index >= 15 is 0 Å². The molecule has 2 aromatic carbocycles. The van der Waals surface area contributed by atoms with Crippen molar-refractivity contribution in [3.8, 4) is 5.69 Å². The van der Waals surface area contributed by atoms with E-state index in [1.807, 2.05) is 24.3 Å². The molecule has 0 unspecified atom stereocenters. The molecule has 4 aromatic rings. The Kier molecular flexibility index (Phi) is 4.87. The number of carbonyl (C=O) groups excluding carboxylic acids is 1. The molecule has 0 bridgehead atoms. The number of nitrogens with one attached hydrogen (secondary N) is 1. The predicted molar refractivity (Wildman–Crippen MR) is 112 cm³/mol. The van der Waals surface area contributed by atoms with E-state index < -0.39 is 11.2 Å². The Morgan fingerprint density at radius 1 is 1.25 bits per heavy atom. The van der Waals surface area contributed by atoms with Crippen LogP contribution in [0.1, 0.15) is 6.92 Å². The number of nitrogens with zero attached hydrogens (tertiary/aromatic N) is 2. The van der Waals surface area contributed by atoms with Crippen LogP contribution in [0.4, 0.5) is 0 Å². The number of methoxy groups -OCH3 is 1. The molecule has 0 aliphatic heterocycles. The summed E-state index contributed by atoms with van der Waals surface area (Å²) in [5.41, 5.74) is 2.10. The highest BCUT2D eigenvalue weighted by Gasteiger charge is 2.22. The van der Waals surface area contributed by atoms with Gasteiger partial charge in [0.25, 0.3) is 5.56 Å². The highest BCUT2D eigenvalue weighted by atomic mass is 35.5. The van der Waals surface area contributed by atoms with E-state index in [0.29, 0.717) is 26.9 Å². The van der Waals surface area contributed by atoms with Crippen molar-refractivity contribution >= 4 is 51.3 Å². The van der Waals surface area contributed by atoms with Gasteiger partial charge in [0, 0.05) is 15.9 Å². The number of aromatic nitrogens is 3. The summed E-state index contributed by atoms with van der Waals surface area (Å²) in [6.45, 7) is 1.71. The van der Waals surface area contributed by atoms with Gasteiger partial charge in [-0.1, -0.05) is 47.6 Å². The fraction of sp³-hybridized carbons (Fsp3) is 0.150. The highest BCUT2D eigenvalue weighted by molar-refractivity contribution is 8.00. The van der Waals surface area contributed by atoms with Crippen molar-refractivity contribution in [1.82, 2.24) is 14.5 Å². The summed E-state index contributed by atoms with van der Waals surface area (Å²) in [6.07, 6.45) is 0. The number of hydrogen-bond acceptors (Lipinski definition) is 5. The molecular weight excluding hydrogens is 398 g/mol. The lowest BCUT2D eigenvalue weighted by Crippen LogP contribution is -2.24. The number of rotatable bonds is 4. The second-order valence-corrected chi connectivity index (χ2v) is 7.94. The van der Waals surface area contributed by atoms with E-state index in [1.54, 1.807) is 31.2 Å². The van der Waals surface area contributed by atoms with Crippen LogP contribution in [0.2, 0.25) is 5.02 Å². The number of esters is 1. The van der Waals surface area contributed by atoms with Crippen LogP contribution < -0.4 is 5.56 Å². The van der Waals surface area contributed by atoms with Crippen molar-refractivity contribution < 1.29 is 9.53 Å². The maximum atomic E-state index is 13.4.